The van der Waals surface area contributed by atoms with Gasteiger partial charge in [0.2, 0.25) is 0 Å². The molecule has 1 aromatic heterocycles. The van der Waals surface area contributed by atoms with Gasteiger partial charge in [-0.2, -0.15) is 0 Å². The summed E-state index contributed by atoms with van der Waals surface area (Å²) in [6.07, 6.45) is 0. The molecule has 0 fully saturated rings. The Morgan fingerprint density at radius 3 is 2.32 bits per heavy atom. The molecular formula is C15H13ClN4O2. The van der Waals surface area contributed by atoms with E-state index in [0.717, 1.165) is 11.4 Å². The highest BCUT2D eigenvalue weighted by atomic mass is 35.5. The van der Waals surface area contributed by atoms with Gasteiger partial charge < -0.3 is 17.5 Å². The molecule has 0 radical (unpaired) electrons. The summed E-state index contributed by atoms with van der Waals surface area (Å²) >= 11 is 0. The number of rotatable bonds is 3. The number of carboxylic acid groups (broad SMARTS) is 1. The highest BCUT2D eigenvalue weighted by molar-refractivity contribution is 5.87. The van der Waals surface area contributed by atoms with E-state index in [1.54, 1.807) is 33.9 Å². The molecule has 1 heterocycles. The number of tetrazole rings is 1. The van der Waals surface area contributed by atoms with E-state index in [1.807, 2.05) is 37.3 Å². The van der Waals surface area contributed by atoms with Crippen molar-refractivity contribution in [2.75, 3.05) is 0 Å². The lowest BCUT2D eigenvalue weighted by molar-refractivity contribution is -0.735. The van der Waals surface area contributed by atoms with Crippen LogP contribution < -0.4 is 17.2 Å². The van der Waals surface area contributed by atoms with Gasteiger partial charge >= 0.3 is 11.8 Å². The first-order valence-corrected chi connectivity index (χ1v) is 6.40. The number of hydrogen-bond donors (Lipinski definition) is 1. The largest absolute Gasteiger partial charge is 1.00 e. The van der Waals surface area contributed by atoms with Crippen molar-refractivity contribution in [3.8, 4) is 11.4 Å². The quantitative estimate of drug-likeness (QED) is 0.601. The van der Waals surface area contributed by atoms with Crippen LogP contribution in [0.15, 0.2) is 54.6 Å². The Labute approximate surface area is 133 Å². The normalized spacial score (nSPS) is 10.0. The fraction of sp³-hybridized carbons (Fsp3) is 0.0667. The Morgan fingerprint density at radius 2 is 1.73 bits per heavy atom. The minimum absolute atomic E-state index is 0. The van der Waals surface area contributed by atoms with Crippen LogP contribution in [0.1, 0.15) is 16.2 Å². The molecule has 0 unspecified atom stereocenters. The zero-order valence-electron chi connectivity index (χ0n) is 11.7. The summed E-state index contributed by atoms with van der Waals surface area (Å²) in [7, 11) is 0. The molecule has 0 aliphatic rings. The van der Waals surface area contributed by atoms with Crippen LogP contribution in [-0.4, -0.2) is 26.1 Å². The van der Waals surface area contributed by atoms with Crippen molar-refractivity contribution < 1.29 is 27.1 Å². The molecule has 0 saturated carbocycles. The third-order valence-corrected chi connectivity index (χ3v) is 2.99. The number of para-hydroxylation sites is 1. The van der Waals surface area contributed by atoms with Crippen molar-refractivity contribution >= 4 is 5.97 Å². The molecule has 0 aliphatic carbocycles. The first-order chi connectivity index (χ1) is 10.1. The van der Waals surface area contributed by atoms with E-state index < -0.39 is 5.97 Å². The van der Waals surface area contributed by atoms with Gasteiger partial charge in [-0.05, 0) is 46.3 Å². The first kappa shape index (κ1) is 15.7. The van der Waals surface area contributed by atoms with Gasteiger partial charge in [0.1, 0.15) is 5.69 Å². The van der Waals surface area contributed by atoms with Gasteiger partial charge in [-0.3, -0.25) is 0 Å². The molecule has 22 heavy (non-hydrogen) atoms. The van der Waals surface area contributed by atoms with Crippen molar-refractivity contribution in [2.24, 2.45) is 0 Å². The van der Waals surface area contributed by atoms with E-state index in [9.17, 15) is 4.79 Å². The monoisotopic (exact) mass is 316 g/mol. The number of aromatic carboxylic acids is 1. The topological polar surface area (TPSA) is 71.9 Å². The van der Waals surface area contributed by atoms with E-state index in [1.165, 1.54) is 0 Å². The second kappa shape index (κ2) is 6.36. The third kappa shape index (κ3) is 2.96. The minimum atomic E-state index is -0.952. The molecular weight excluding hydrogens is 304 g/mol. The van der Waals surface area contributed by atoms with Gasteiger partial charge in [-0.25, -0.2) is 4.79 Å². The van der Waals surface area contributed by atoms with Crippen molar-refractivity contribution in [1.82, 2.24) is 15.0 Å². The van der Waals surface area contributed by atoms with Crippen LogP contribution in [0.25, 0.3) is 11.4 Å². The number of aryl methyl sites for hydroxylation is 1. The third-order valence-electron chi connectivity index (χ3n) is 2.99. The molecule has 3 aromatic rings. The van der Waals surface area contributed by atoms with Crippen LogP contribution >= 0.6 is 0 Å². The number of hydrogen-bond acceptors (Lipinski definition) is 3. The summed E-state index contributed by atoms with van der Waals surface area (Å²) in [5.74, 6) is -0.326. The minimum Gasteiger partial charge on any atom is -1.00 e. The van der Waals surface area contributed by atoms with Gasteiger partial charge in [0.05, 0.1) is 10.7 Å². The van der Waals surface area contributed by atoms with Crippen molar-refractivity contribution in [2.45, 2.75) is 6.92 Å². The van der Waals surface area contributed by atoms with Crippen LogP contribution in [-0.2, 0) is 0 Å². The molecule has 2 aromatic carbocycles. The molecule has 6 nitrogen and oxygen atoms in total. The molecule has 7 heteroatoms. The SMILES string of the molecule is Cc1nn(-c2ccccc2)[n+](-c2ccc(C(=O)O)cc2)n1.[Cl-]. The summed E-state index contributed by atoms with van der Waals surface area (Å²) in [6.45, 7) is 1.81. The van der Waals surface area contributed by atoms with Gasteiger partial charge in [0, 0.05) is 11.7 Å². The number of carbonyl (C=O) groups is 1. The van der Waals surface area contributed by atoms with E-state index in [2.05, 4.69) is 10.2 Å². The van der Waals surface area contributed by atoms with Crippen molar-refractivity contribution in [3.05, 3.63) is 66.0 Å². The summed E-state index contributed by atoms with van der Waals surface area (Å²) in [6, 6.07) is 16.1. The van der Waals surface area contributed by atoms with E-state index in [4.69, 9.17) is 5.11 Å². The van der Waals surface area contributed by atoms with Crippen LogP contribution in [0.4, 0.5) is 0 Å². The van der Waals surface area contributed by atoms with Gasteiger partial charge in [-0.15, -0.1) is 0 Å². The second-order valence-electron chi connectivity index (χ2n) is 4.51. The fourth-order valence-electron chi connectivity index (χ4n) is 2.01. The lowest BCUT2D eigenvalue weighted by Crippen LogP contribution is -3.00. The maximum absolute atomic E-state index is 10.9. The first-order valence-electron chi connectivity index (χ1n) is 6.40. The van der Waals surface area contributed by atoms with Gasteiger partial charge in [0.25, 0.3) is 0 Å². The fourth-order valence-corrected chi connectivity index (χ4v) is 2.01. The highest BCUT2D eigenvalue weighted by Gasteiger charge is 2.19. The predicted octanol–water partition coefficient (Wildman–Crippen LogP) is -1.45. The summed E-state index contributed by atoms with van der Waals surface area (Å²) < 4.78 is 0. The molecule has 1 N–H and O–H groups in total. The Kier molecular flexibility index (Phi) is 4.53. The molecule has 0 amide bonds. The maximum atomic E-state index is 10.9. The zero-order valence-corrected chi connectivity index (χ0v) is 12.5. The van der Waals surface area contributed by atoms with Gasteiger partial charge in [0.15, 0.2) is 5.69 Å². The molecule has 112 valence electrons. The summed E-state index contributed by atoms with van der Waals surface area (Å²) in [5, 5.41) is 17.7. The molecule has 0 bridgehead atoms. The number of halogens is 1. The number of aromatic nitrogens is 4. The van der Waals surface area contributed by atoms with E-state index in [-0.39, 0.29) is 18.0 Å². The van der Waals surface area contributed by atoms with Crippen LogP contribution in [0.2, 0.25) is 0 Å². The molecule has 0 atom stereocenters. The number of nitrogens with zero attached hydrogens (tertiary/aromatic N) is 4. The summed E-state index contributed by atoms with van der Waals surface area (Å²) in [5.41, 5.74) is 1.85. The Bertz CT molecular complexity index is 785. The molecule has 0 saturated heterocycles. The molecule has 0 aliphatic heterocycles. The Morgan fingerprint density at radius 1 is 1.09 bits per heavy atom. The van der Waals surface area contributed by atoms with Crippen LogP contribution in [0, 0.1) is 6.92 Å². The Hall–Kier alpha value is -2.73. The smallest absolute Gasteiger partial charge is 0.335 e. The van der Waals surface area contributed by atoms with Crippen molar-refractivity contribution in [3.63, 3.8) is 0 Å². The standard InChI is InChI=1S/C15H12N4O2.ClH/c1-11-16-18(13-5-3-2-4-6-13)19(17-11)14-9-7-12(8-10-14)15(20)21;/h2-10H,1H3;1H. The lowest BCUT2D eigenvalue weighted by atomic mass is 10.2. The number of benzene rings is 2. The maximum Gasteiger partial charge on any atom is 0.335 e. The second-order valence-corrected chi connectivity index (χ2v) is 4.51. The van der Waals surface area contributed by atoms with Crippen molar-refractivity contribution in [1.29, 1.82) is 0 Å². The lowest BCUT2D eigenvalue weighted by Gasteiger charge is -2.00. The zero-order chi connectivity index (χ0) is 14.8. The Balaban J connectivity index is 0.00000176. The summed E-state index contributed by atoms with van der Waals surface area (Å²) in [4.78, 5) is 14.2. The average Bonchev–Trinajstić information content (AvgIpc) is 2.90. The number of carboxylic acids is 1. The van der Waals surface area contributed by atoms with Crippen LogP contribution in [0.5, 0.6) is 0 Å². The van der Waals surface area contributed by atoms with Gasteiger partial charge in [-0.1, -0.05) is 18.2 Å². The van der Waals surface area contributed by atoms with Crippen LogP contribution in [0.3, 0.4) is 0 Å². The van der Waals surface area contributed by atoms with E-state index in [0.29, 0.717) is 5.82 Å². The molecule has 3 rings (SSSR count). The van der Waals surface area contributed by atoms with E-state index >= 15 is 0 Å². The highest BCUT2D eigenvalue weighted by Crippen LogP contribution is 2.07. The molecule has 0 spiro atoms. The average molecular weight is 317 g/mol. The predicted molar refractivity (Wildman–Crippen MR) is 74.6 cm³/mol.